The van der Waals surface area contributed by atoms with Crippen LogP contribution < -0.4 is 0 Å². The van der Waals surface area contributed by atoms with Gasteiger partial charge in [-0.15, -0.1) is 0 Å². The van der Waals surface area contributed by atoms with Gasteiger partial charge in [-0.1, -0.05) is 0 Å². The van der Waals surface area contributed by atoms with Crippen molar-refractivity contribution in [2.24, 2.45) is 11.8 Å². The van der Waals surface area contributed by atoms with Crippen LogP contribution in [0.15, 0.2) is 0 Å². The Morgan fingerprint density at radius 1 is 1.00 bits per heavy atom. The van der Waals surface area contributed by atoms with E-state index in [1.54, 1.807) is 0 Å². The molecule has 1 atom stereocenters. The lowest BCUT2D eigenvalue weighted by Gasteiger charge is -2.34. The predicted octanol–water partition coefficient (Wildman–Crippen LogP) is 0.997. The molecule has 0 aromatic heterocycles. The molecular weight excluding hydrogens is 260 g/mol. The van der Waals surface area contributed by atoms with Crippen LogP contribution >= 0.6 is 0 Å². The molecule has 0 aromatic rings. The second-order valence-electron chi connectivity index (χ2n) is 5.93. The third-order valence-electron chi connectivity index (χ3n) is 4.47. The van der Waals surface area contributed by atoms with Crippen molar-refractivity contribution < 1.29 is 19.8 Å². The Morgan fingerprint density at radius 3 is 2.20 bits per heavy atom. The van der Waals surface area contributed by atoms with Crippen molar-refractivity contribution in [1.82, 2.24) is 9.80 Å². The zero-order valence-corrected chi connectivity index (χ0v) is 11.8. The Morgan fingerprint density at radius 2 is 1.60 bits per heavy atom. The number of aliphatic hydroxyl groups excluding tert-OH is 1. The largest absolute Gasteiger partial charge is 0.481 e. The summed E-state index contributed by atoms with van der Waals surface area (Å²) in [5.74, 6) is -0.105. The molecule has 6 heteroatoms. The van der Waals surface area contributed by atoms with Crippen molar-refractivity contribution in [2.45, 2.75) is 32.1 Å². The van der Waals surface area contributed by atoms with Crippen molar-refractivity contribution in [3.05, 3.63) is 0 Å². The van der Waals surface area contributed by atoms with E-state index < -0.39 is 5.97 Å². The standard InChI is InChI=1S/C14H24N2O4/c17-10-12-4-6-15(7-5-12)14(20)16-8-3-11(9-16)1-2-13(18)19/h11-12,17H,1-10H2,(H,18,19). The topological polar surface area (TPSA) is 81.1 Å². The Bertz CT molecular complexity index is 353. The molecule has 2 N–H and O–H groups in total. The summed E-state index contributed by atoms with van der Waals surface area (Å²) in [7, 11) is 0. The number of carboxylic acid groups (broad SMARTS) is 1. The van der Waals surface area contributed by atoms with Crippen LogP contribution in [0.2, 0.25) is 0 Å². The van der Waals surface area contributed by atoms with E-state index in [1.807, 2.05) is 9.80 Å². The maximum atomic E-state index is 12.4. The lowest BCUT2D eigenvalue weighted by atomic mass is 9.98. The highest BCUT2D eigenvalue weighted by Crippen LogP contribution is 2.24. The fourth-order valence-corrected chi connectivity index (χ4v) is 3.08. The van der Waals surface area contributed by atoms with Gasteiger partial charge in [0, 0.05) is 39.2 Å². The molecule has 2 saturated heterocycles. The molecule has 2 aliphatic rings. The predicted molar refractivity (Wildman–Crippen MR) is 73.3 cm³/mol. The lowest BCUT2D eigenvalue weighted by Crippen LogP contribution is -2.46. The molecule has 0 bridgehead atoms. The first-order valence-corrected chi connectivity index (χ1v) is 7.46. The van der Waals surface area contributed by atoms with Crippen LogP contribution in [-0.2, 0) is 4.79 Å². The molecule has 0 radical (unpaired) electrons. The SMILES string of the molecule is O=C(O)CCC1CCN(C(=O)N2CCC(CO)CC2)C1. The first-order chi connectivity index (χ1) is 9.60. The minimum absolute atomic E-state index is 0.0826. The zero-order chi connectivity index (χ0) is 14.5. The highest BCUT2D eigenvalue weighted by Gasteiger charge is 2.31. The summed E-state index contributed by atoms with van der Waals surface area (Å²) in [6.07, 6.45) is 3.50. The van der Waals surface area contributed by atoms with Gasteiger partial charge in [-0.2, -0.15) is 0 Å². The maximum absolute atomic E-state index is 12.4. The first kappa shape index (κ1) is 15.1. The van der Waals surface area contributed by atoms with E-state index in [-0.39, 0.29) is 19.1 Å². The second-order valence-corrected chi connectivity index (χ2v) is 5.93. The van der Waals surface area contributed by atoms with Crippen LogP contribution in [0.3, 0.4) is 0 Å². The van der Waals surface area contributed by atoms with Crippen LogP contribution in [0.5, 0.6) is 0 Å². The Labute approximate surface area is 119 Å². The highest BCUT2D eigenvalue weighted by molar-refractivity contribution is 5.75. The Hall–Kier alpha value is -1.30. The third-order valence-corrected chi connectivity index (χ3v) is 4.47. The second kappa shape index (κ2) is 6.92. The number of likely N-dealkylation sites (tertiary alicyclic amines) is 2. The number of carbonyl (C=O) groups excluding carboxylic acids is 1. The van der Waals surface area contributed by atoms with Crippen molar-refractivity contribution in [1.29, 1.82) is 0 Å². The minimum atomic E-state index is -0.763. The summed E-state index contributed by atoms with van der Waals surface area (Å²) < 4.78 is 0. The molecule has 2 fully saturated rings. The number of nitrogens with zero attached hydrogens (tertiary/aromatic N) is 2. The van der Waals surface area contributed by atoms with Gasteiger partial charge in [-0.05, 0) is 37.5 Å². The number of carboxylic acids is 1. The highest BCUT2D eigenvalue weighted by atomic mass is 16.4. The molecular formula is C14H24N2O4. The van der Waals surface area contributed by atoms with Crippen molar-refractivity contribution in [3.8, 4) is 0 Å². The molecule has 6 nitrogen and oxygen atoms in total. The van der Waals surface area contributed by atoms with Gasteiger partial charge in [0.15, 0.2) is 0 Å². The fourth-order valence-electron chi connectivity index (χ4n) is 3.08. The summed E-state index contributed by atoms with van der Waals surface area (Å²) in [5.41, 5.74) is 0. The van der Waals surface area contributed by atoms with Crippen LogP contribution in [0, 0.1) is 11.8 Å². The number of hydrogen-bond acceptors (Lipinski definition) is 3. The average Bonchev–Trinajstić information content (AvgIpc) is 2.93. The van der Waals surface area contributed by atoms with Gasteiger partial charge in [0.1, 0.15) is 0 Å². The van der Waals surface area contributed by atoms with E-state index in [4.69, 9.17) is 10.2 Å². The van der Waals surface area contributed by atoms with Crippen molar-refractivity contribution in [3.63, 3.8) is 0 Å². The van der Waals surface area contributed by atoms with Gasteiger partial charge >= 0.3 is 12.0 Å². The molecule has 2 rings (SSSR count). The molecule has 0 spiro atoms. The van der Waals surface area contributed by atoms with Crippen LogP contribution in [0.4, 0.5) is 4.79 Å². The third kappa shape index (κ3) is 3.85. The lowest BCUT2D eigenvalue weighted by molar-refractivity contribution is -0.137. The monoisotopic (exact) mass is 284 g/mol. The number of carbonyl (C=O) groups is 2. The Kier molecular flexibility index (Phi) is 5.23. The van der Waals surface area contributed by atoms with Gasteiger partial charge < -0.3 is 20.0 Å². The number of piperidine rings is 1. The molecule has 0 aromatic carbocycles. The van der Waals surface area contributed by atoms with E-state index >= 15 is 0 Å². The van der Waals surface area contributed by atoms with Gasteiger partial charge in [-0.3, -0.25) is 4.79 Å². The van der Waals surface area contributed by atoms with Crippen LogP contribution in [-0.4, -0.2) is 64.8 Å². The molecule has 2 aliphatic heterocycles. The van der Waals surface area contributed by atoms with Gasteiger partial charge in [0.2, 0.25) is 0 Å². The van der Waals surface area contributed by atoms with Gasteiger partial charge in [0.05, 0.1) is 0 Å². The van der Waals surface area contributed by atoms with Gasteiger partial charge in [0.25, 0.3) is 0 Å². The summed E-state index contributed by atoms with van der Waals surface area (Å²) in [6.45, 7) is 3.08. The van der Waals surface area contributed by atoms with Crippen LogP contribution in [0.25, 0.3) is 0 Å². The number of hydrogen-bond donors (Lipinski definition) is 2. The van der Waals surface area contributed by atoms with E-state index in [1.165, 1.54) is 0 Å². The number of aliphatic hydroxyl groups is 1. The summed E-state index contributed by atoms with van der Waals surface area (Å²) >= 11 is 0. The quantitative estimate of drug-likeness (QED) is 0.807. The molecule has 0 saturated carbocycles. The normalized spacial score (nSPS) is 24.1. The number of aliphatic carboxylic acids is 1. The summed E-state index contributed by atoms with van der Waals surface area (Å²) in [6, 6.07) is 0.0826. The molecule has 2 amide bonds. The van der Waals surface area contributed by atoms with E-state index in [9.17, 15) is 9.59 Å². The maximum Gasteiger partial charge on any atom is 0.320 e. The summed E-state index contributed by atoms with van der Waals surface area (Å²) in [4.78, 5) is 26.6. The molecule has 2 heterocycles. The van der Waals surface area contributed by atoms with Crippen molar-refractivity contribution in [2.75, 3.05) is 32.8 Å². The van der Waals surface area contributed by atoms with E-state index in [0.29, 0.717) is 24.8 Å². The number of rotatable bonds is 4. The van der Waals surface area contributed by atoms with E-state index in [0.717, 1.165) is 38.9 Å². The van der Waals surface area contributed by atoms with Crippen LogP contribution in [0.1, 0.15) is 32.1 Å². The fraction of sp³-hybridized carbons (Fsp3) is 0.857. The molecule has 1 unspecified atom stereocenters. The average molecular weight is 284 g/mol. The van der Waals surface area contributed by atoms with E-state index in [2.05, 4.69) is 0 Å². The zero-order valence-electron chi connectivity index (χ0n) is 11.8. The minimum Gasteiger partial charge on any atom is -0.481 e. The number of amides is 2. The summed E-state index contributed by atoms with van der Waals surface area (Å²) in [5, 5.41) is 17.8. The number of urea groups is 1. The van der Waals surface area contributed by atoms with Crippen molar-refractivity contribution >= 4 is 12.0 Å². The molecule has 0 aliphatic carbocycles. The Balaban J connectivity index is 1.75. The van der Waals surface area contributed by atoms with Gasteiger partial charge in [-0.25, -0.2) is 4.79 Å². The molecule has 20 heavy (non-hydrogen) atoms. The first-order valence-electron chi connectivity index (χ1n) is 7.46. The smallest absolute Gasteiger partial charge is 0.320 e. The molecule has 114 valence electrons.